The number of carbonyl (C=O) groups is 1. The number of rotatable bonds is 50. The molecule has 82 heavy (non-hydrogen) atoms. The molecule has 1 amide bonds. The molecule has 0 aromatic heterocycles. The molecular formula is C63H119NO18. The molecule has 0 aromatic carbocycles. The summed E-state index contributed by atoms with van der Waals surface area (Å²) in [6.45, 7) is 1.76. The number of unbranched alkanes of at least 4 members (excludes halogenated alkanes) is 32. The van der Waals surface area contributed by atoms with Gasteiger partial charge < -0.3 is 89.9 Å². The van der Waals surface area contributed by atoms with E-state index in [2.05, 4.69) is 31.3 Å². The maximum Gasteiger partial charge on any atom is 0.220 e. The van der Waals surface area contributed by atoms with Crippen molar-refractivity contribution in [1.82, 2.24) is 5.32 Å². The molecule has 0 saturated carbocycles. The van der Waals surface area contributed by atoms with E-state index in [0.717, 1.165) is 64.2 Å². The molecule has 0 aromatic rings. The van der Waals surface area contributed by atoms with Crippen molar-refractivity contribution in [3.63, 3.8) is 0 Å². The topological polar surface area (TPSA) is 307 Å². The third-order valence-electron chi connectivity index (χ3n) is 16.8. The second-order valence-corrected chi connectivity index (χ2v) is 23.9. The molecule has 3 fully saturated rings. The van der Waals surface area contributed by atoms with Crippen LogP contribution in [-0.4, -0.2) is 193 Å². The van der Waals surface area contributed by atoms with E-state index in [0.29, 0.717) is 12.8 Å². The number of aliphatic hydroxyl groups excluding tert-OH is 11. The largest absolute Gasteiger partial charge is 0.394 e. The minimum atomic E-state index is -1.97. The van der Waals surface area contributed by atoms with E-state index in [1.54, 1.807) is 0 Å². The maximum absolute atomic E-state index is 13.3. The zero-order chi connectivity index (χ0) is 59.7. The Bertz CT molecular complexity index is 1550. The third kappa shape index (κ3) is 29.5. The standard InChI is InChI=1S/C63H119NO18/c1-3-5-7-9-11-13-15-16-17-18-19-20-21-22-23-24-25-26-27-28-29-31-32-34-36-38-40-47(68)46(64-51(69)41-39-37-35-33-30-14-12-10-8-6-4-2)45-77-61-57(75)54(72)59(49(43-66)79-61)82-63-58(76)55(73)60(50(44-67)80-63)81-62-56(74)53(71)52(70)48(42-65)78-62/h10,12,46-50,52-63,65-68,70-76H,3-9,11,13-45H2,1-2H3,(H,64,69)/b12-10-. The number of hydrogen-bond donors (Lipinski definition) is 12. The Morgan fingerprint density at radius 2 is 0.780 bits per heavy atom. The molecule has 17 atom stereocenters. The van der Waals surface area contributed by atoms with Crippen LogP contribution in [0.1, 0.15) is 251 Å². The van der Waals surface area contributed by atoms with Gasteiger partial charge in [0.25, 0.3) is 0 Å². The van der Waals surface area contributed by atoms with E-state index in [-0.39, 0.29) is 18.9 Å². The van der Waals surface area contributed by atoms with E-state index < -0.39 is 124 Å². The highest BCUT2D eigenvalue weighted by Gasteiger charge is 2.53. The normalized spacial score (nSPS) is 29.6. The molecule has 3 heterocycles. The van der Waals surface area contributed by atoms with Gasteiger partial charge in [-0.25, -0.2) is 0 Å². The Morgan fingerprint density at radius 3 is 1.22 bits per heavy atom. The third-order valence-corrected chi connectivity index (χ3v) is 16.8. The molecular weight excluding hydrogens is 1060 g/mol. The lowest BCUT2D eigenvalue weighted by Gasteiger charge is -2.48. The molecule has 0 aliphatic carbocycles. The first-order chi connectivity index (χ1) is 39.8. The Balaban J connectivity index is 1.41. The zero-order valence-corrected chi connectivity index (χ0v) is 50.7. The van der Waals surface area contributed by atoms with Gasteiger partial charge in [0, 0.05) is 6.42 Å². The van der Waals surface area contributed by atoms with Gasteiger partial charge in [0.05, 0.1) is 38.6 Å². The van der Waals surface area contributed by atoms with Crippen LogP contribution in [0.25, 0.3) is 0 Å². The van der Waals surface area contributed by atoms with Crippen LogP contribution in [0.3, 0.4) is 0 Å². The van der Waals surface area contributed by atoms with Gasteiger partial charge in [0.2, 0.25) is 5.91 Å². The fourth-order valence-electron chi connectivity index (χ4n) is 11.4. The number of aliphatic hydroxyl groups is 11. The summed E-state index contributed by atoms with van der Waals surface area (Å²) in [6, 6.07) is -0.887. The summed E-state index contributed by atoms with van der Waals surface area (Å²) in [4.78, 5) is 13.3. The molecule has 3 aliphatic heterocycles. The monoisotopic (exact) mass is 1180 g/mol. The molecule has 0 bridgehead atoms. The van der Waals surface area contributed by atoms with Crippen molar-refractivity contribution in [2.24, 2.45) is 0 Å². The van der Waals surface area contributed by atoms with Gasteiger partial charge in [-0.2, -0.15) is 0 Å². The molecule has 19 heteroatoms. The van der Waals surface area contributed by atoms with E-state index >= 15 is 0 Å². The van der Waals surface area contributed by atoms with Crippen LogP contribution in [0.15, 0.2) is 12.2 Å². The Morgan fingerprint density at radius 1 is 0.427 bits per heavy atom. The van der Waals surface area contributed by atoms with Crippen molar-refractivity contribution < 1.29 is 89.4 Å². The second kappa shape index (κ2) is 46.7. The SMILES string of the molecule is CCCC/C=C\CCCCCCCC(=O)NC(COC1OC(CO)C(OC2OC(CO)C(OC3OC(CO)C(O)C(O)C3O)C(O)C2O)C(O)C1O)C(O)CCCCCCCCCCCCCCCCCCCCCCCCCCCC. The Labute approximate surface area is 493 Å². The highest BCUT2D eigenvalue weighted by Crippen LogP contribution is 2.33. The molecule has 17 unspecified atom stereocenters. The van der Waals surface area contributed by atoms with E-state index in [4.69, 9.17) is 28.4 Å². The molecule has 3 saturated heterocycles. The van der Waals surface area contributed by atoms with Gasteiger partial charge >= 0.3 is 0 Å². The van der Waals surface area contributed by atoms with Crippen molar-refractivity contribution in [1.29, 1.82) is 0 Å². The fraction of sp³-hybridized carbons (Fsp3) is 0.952. The average Bonchev–Trinajstić information content (AvgIpc) is 3.53. The van der Waals surface area contributed by atoms with Crippen LogP contribution in [-0.2, 0) is 33.2 Å². The summed E-state index contributed by atoms with van der Waals surface area (Å²) in [5, 5.41) is 120. The van der Waals surface area contributed by atoms with Gasteiger partial charge in [0.1, 0.15) is 73.2 Å². The summed E-state index contributed by atoms with van der Waals surface area (Å²) in [5.74, 6) is -0.251. The molecule has 12 N–H and O–H groups in total. The minimum absolute atomic E-state index is 0.251. The van der Waals surface area contributed by atoms with Crippen molar-refractivity contribution in [3.05, 3.63) is 12.2 Å². The van der Waals surface area contributed by atoms with Crippen molar-refractivity contribution in [2.45, 2.75) is 356 Å². The lowest BCUT2D eigenvalue weighted by molar-refractivity contribution is -0.379. The van der Waals surface area contributed by atoms with Crippen LogP contribution >= 0.6 is 0 Å². The molecule has 19 nitrogen and oxygen atoms in total. The van der Waals surface area contributed by atoms with Gasteiger partial charge in [0.15, 0.2) is 18.9 Å². The average molecular weight is 1180 g/mol. The molecule has 484 valence electrons. The minimum Gasteiger partial charge on any atom is -0.394 e. The second-order valence-electron chi connectivity index (χ2n) is 23.9. The Kier molecular flexibility index (Phi) is 42.5. The van der Waals surface area contributed by atoms with Gasteiger partial charge in [-0.15, -0.1) is 0 Å². The quantitative estimate of drug-likeness (QED) is 0.0210. The number of allylic oxidation sites excluding steroid dienone is 2. The number of hydrogen-bond acceptors (Lipinski definition) is 18. The lowest BCUT2D eigenvalue weighted by Crippen LogP contribution is -2.66. The zero-order valence-electron chi connectivity index (χ0n) is 50.7. The lowest BCUT2D eigenvalue weighted by atomic mass is 9.96. The molecule has 3 rings (SSSR count). The van der Waals surface area contributed by atoms with Crippen LogP contribution in [0, 0.1) is 0 Å². The summed E-state index contributed by atoms with van der Waals surface area (Å²) < 4.78 is 34.3. The smallest absolute Gasteiger partial charge is 0.220 e. The summed E-state index contributed by atoms with van der Waals surface area (Å²) in [7, 11) is 0. The fourth-order valence-corrected chi connectivity index (χ4v) is 11.4. The van der Waals surface area contributed by atoms with Gasteiger partial charge in [-0.05, 0) is 32.1 Å². The van der Waals surface area contributed by atoms with Crippen molar-refractivity contribution >= 4 is 5.91 Å². The number of ether oxygens (including phenoxy) is 6. The van der Waals surface area contributed by atoms with Crippen molar-refractivity contribution in [3.8, 4) is 0 Å². The number of carbonyl (C=O) groups excluding carboxylic acids is 1. The van der Waals surface area contributed by atoms with Crippen molar-refractivity contribution in [2.75, 3.05) is 26.4 Å². The summed E-state index contributed by atoms with van der Waals surface area (Å²) >= 11 is 0. The predicted molar refractivity (Wildman–Crippen MR) is 314 cm³/mol. The van der Waals surface area contributed by atoms with Gasteiger partial charge in [-0.1, -0.05) is 225 Å². The highest BCUT2D eigenvalue weighted by molar-refractivity contribution is 5.76. The first-order valence-electron chi connectivity index (χ1n) is 32.9. The first kappa shape index (κ1) is 74.8. The molecule has 0 spiro atoms. The number of nitrogens with one attached hydrogen (secondary N) is 1. The van der Waals surface area contributed by atoms with Crippen LogP contribution < -0.4 is 5.32 Å². The Hall–Kier alpha value is -1.47. The first-order valence-corrected chi connectivity index (χ1v) is 32.9. The summed E-state index contributed by atoms with van der Waals surface area (Å²) in [6.07, 6.45) is 21.7. The highest BCUT2D eigenvalue weighted by atomic mass is 16.8. The number of amides is 1. The van der Waals surface area contributed by atoms with Crippen LogP contribution in [0.2, 0.25) is 0 Å². The van der Waals surface area contributed by atoms with Gasteiger partial charge in [-0.3, -0.25) is 4.79 Å². The van der Waals surface area contributed by atoms with E-state index in [1.807, 2.05) is 0 Å². The van der Waals surface area contributed by atoms with E-state index in [9.17, 15) is 61.0 Å². The van der Waals surface area contributed by atoms with E-state index in [1.165, 1.54) is 154 Å². The maximum atomic E-state index is 13.3. The van der Waals surface area contributed by atoms with Crippen LogP contribution in [0.4, 0.5) is 0 Å². The molecule has 0 radical (unpaired) electrons. The van der Waals surface area contributed by atoms with Crippen LogP contribution in [0.5, 0.6) is 0 Å². The molecule has 3 aliphatic rings. The predicted octanol–water partition coefficient (Wildman–Crippen LogP) is 7.33. The summed E-state index contributed by atoms with van der Waals surface area (Å²) in [5.41, 5.74) is 0.